The Kier molecular flexibility index (Phi) is 2.56. The van der Waals surface area contributed by atoms with Gasteiger partial charge in [0.05, 0.1) is 23.2 Å². The number of aldehydes is 1. The molecule has 4 heteroatoms. The van der Waals surface area contributed by atoms with Gasteiger partial charge in [0, 0.05) is 17.6 Å². The van der Waals surface area contributed by atoms with E-state index in [0.717, 1.165) is 11.7 Å². The highest BCUT2D eigenvalue weighted by Gasteiger charge is 2.07. The molecule has 0 saturated carbocycles. The summed E-state index contributed by atoms with van der Waals surface area (Å²) >= 11 is 5.98. The smallest absolute Gasteiger partial charge is 0.153 e. The lowest BCUT2D eigenvalue weighted by Gasteiger charge is -2.06. The van der Waals surface area contributed by atoms with Gasteiger partial charge in [-0.3, -0.25) is 9.78 Å². The Morgan fingerprint density at radius 1 is 1.47 bits per heavy atom. The number of rotatable bonds is 2. The molecule has 0 aliphatic rings. The van der Waals surface area contributed by atoms with Gasteiger partial charge in [-0.2, -0.15) is 0 Å². The monoisotopic (exact) mass is 221 g/mol. The summed E-state index contributed by atoms with van der Waals surface area (Å²) in [5.74, 6) is 0.507. The molecule has 0 spiro atoms. The van der Waals surface area contributed by atoms with E-state index in [1.165, 1.54) is 7.11 Å². The van der Waals surface area contributed by atoms with E-state index in [-0.39, 0.29) is 0 Å². The minimum absolute atomic E-state index is 0.472. The predicted molar refractivity (Wildman–Crippen MR) is 58.7 cm³/mol. The molecule has 1 aromatic carbocycles. The van der Waals surface area contributed by atoms with Crippen molar-refractivity contribution in [1.82, 2.24) is 4.98 Å². The quantitative estimate of drug-likeness (QED) is 0.732. The van der Waals surface area contributed by atoms with Crippen LogP contribution in [0, 0.1) is 0 Å². The van der Waals surface area contributed by atoms with Crippen molar-refractivity contribution in [2.75, 3.05) is 7.11 Å². The third kappa shape index (κ3) is 1.66. The van der Waals surface area contributed by atoms with Crippen LogP contribution in [0.4, 0.5) is 0 Å². The fourth-order valence-electron chi connectivity index (χ4n) is 1.43. The number of nitrogens with zero attached hydrogens (tertiary/aromatic N) is 1. The van der Waals surface area contributed by atoms with Gasteiger partial charge in [-0.05, 0) is 12.1 Å². The molecule has 0 atom stereocenters. The zero-order valence-electron chi connectivity index (χ0n) is 8.03. The minimum Gasteiger partial charge on any atom is -0.496 e. The minimum atomic E-state index is 0.472. The number of hydrogen-bond acceptors (Lipinski definition) is 3. The molecule has 0 N–H and O–H groups in total. The topological polar surface area (TPSA) is 39.2 Å². The number of hydrogen-bond donors (Lipinski definition) is 0. The molecular formula is C11H8ClNO2. The summed E-state index contributed by atoms with van der Waals surface area (Å²) in [6.07, 6.45) is 2.35. The number of halogens is 1. The molecule has 2 rings (SSSR count). The highest BCUT2D eigenvalue weighted by Crippen LogP contribution is 2.27. The van der Waals surface area contributed by atoms with Crippen molar-refractivity contribution in [3.05, 3.63) is 35.0 Å². The second-order valence-corrected chi connectivity index (χ2v) is 3.43. The Morgan fingerprint density at radius 2 is 2.27 bits per heavy atom. The molecule has 1 aromatic heterocycles. The SMILES string of the molecule is COc1cc2nccc(Cl)c2cc1C=O. The Balaban J connectivity index is 2.81. The number of ether oxygens (including phenoxy) is 1. The van der Waals surface area contributed by atoms with Crippen LogP contribution >= 0.6 is 11.6 Å². The van der Waals surface area contributed by atoms with E-state index in [0.29, 0.717) is 21.9 Å². The summed E-state index contributed by atoms with van der Waals surface area (Å²) in [5, 5.41) is 1.33. The average Bonchev–Trinajstić information content (AvgIpc) is 2.28. The summed E-state index contributed by atoms with van der Waals surface area (Å²) in [5.41, 5.74) is 1.19. The van der Waals surface area contributed by atoms with Crippen molar-refractivity contribution in [1.29, 1.82) is 0 Å². The highest BCUT2D eigenvalue weighted by atomic mass is 35.5. The standard InChI is InChI=1S/C11H8ClNO2/c1-15-11-5-10-8(4-7(11)6-14)9(12)2-3-13-10/h2-6H,1H3. The predicted octanol–water partition coefficient (Wildman–Crippen LogP) is 2.71. The zero-order chi connectivity index (χ0) is 10.8. The van der Waals surface area contributed by atoms with Crippen LogP contribution in [0.3, 0.4) is 0 Å². The zero-order valence-corrected chi connectivity index (χ0v) is 8.78. The highest BCUT2D eigenvalue weighted by molar-refractivity contribution is 6.35. The largest absolute Gasteiger partial charge is 0.496 e. The first-order valence-corrected chi connectivity index (χ1v) is 4.71. The third-order valence-electron chi connectivity index (χ3n) is 2.17. The number of carbonyl (C=O) groups is 1. The van der Waals surface area contributed by atoms with Crippen LogP contribution in [0.5, 0.6) is 5.75 Å². The maximum atomic E-state index is 10.8. The van der Waals surface area contributed by atoms with Crippen LogP contribution in [0.1, 0.15) is 10.4 Å². The third-order valence-corrected chi connectivity index (χ3v) is 2.50. The van der Waals surface area contributed by atoms with Gasteiger partial charge in [-0.15, -0.1) is 0 Å². The average molecular weight is 222 g/mol. The molecule has 2 aromatic rings. The first kappa shape index (κ1) is 9.93. The molecule has 0 aliphatic carbocycles. The van der Waals surface area contributed by atoms with Gasteiger partial charge in [-0.25, -0.2) is 0 Å². The van der Waals surface area contributed by atoms with Crippen molar-refractivity contribution in [2.24, 2.45) is 0 Å². The normalized spacial score (nSPS) is 10.3. The molecular weight excluding hydrogens is 214 g/mol. The van der Waals surface area contributed by atoms with Gasteiger partial charge in [-0.1, -0.05) is 11.6 Å². The molecule has 0 radical (unpaired) electrons. The van der Waals surface area contributed by atoms with Gasteiger partial charge in [0.2, 0.25) is 0 Å². The van der Waals surface area contributed by atoms with E-state index in [1.54, 1.807) is 24.4 Å². The fourth-order valence-corrected chi connectivity index (χ4v) is 1.63. The fraction of sp³-hybridized carbons (Fsp3) is 0.0909. The van der Waals surface area contributed by atoms with Crippen molar-refractivity contribution in [3.8, 4) is 5.75 Å². The van der Waals surface area contributed by atoms with Crippen LogP contribution in [0.25, 0.3) is 10.9 Å². The van der Waals surface area contributed by atoms with Crippen LogP contribution in [0.15, 0.2) is 24.4 Å². The van der Waals surface area contributed by atoms with E-state index < -0.39 is 0 Å². The van der Waals surface area contributed by atoms with Crippen LogP contribution in [-0.4, -0.2) is 18.4 Å². The summed E-state index contributed by atoms with van der Waals surface area (Å²) in [6.45, 7) is 0. The van der Waals surface area contributed by atoms with E-state index in [9.17, 15) is 4.79 Å². The Hall–Kier alpha value is -1.61. The lowest BCUT2D eigenvalue weighted by atomic mass is 10.1. The summed E-state index contributed by atoms with van der Waals surface area (Å²) in [6, 6.07) is 5.06. The first-order valence-electron chi connectivity index (χ1n) is 4.33. The van der Waals surface area contributed by atoms with Crippen molar-refractivity contribution >= 4 is 28.8 Å². The van der Waals surface area contributed by atoms with Crippen molar-refractivity contribution in [2.45, 2.75) is 0 Å². The Labute approximate surface area is 91.6 Å². The van der Waals surface area contributed by atoms with Gasteiger partial charge < -0.3 is 4.74 Å². The number of methoxy groups -OCH3 is 1. The van der Waals surface area contributed by atoms with Gasteiger partial charge >= 0.3 is 0 Å². The maximum absolute atomic E-state index is 10.8. The number of pyridine rings is 1. The van der Waals surface area contributed by atoms with E-state index in [1.807, 2.05) is 0 Å². The maximum Gasteiger partial charge on any atom is 0.153 e. The molecule has 0 saturated heterocycles. The Morgan fingerprint density at radius 3 is 2.93 bits per heavy atom. The van der Waals surface area contributed by atoms with Crippen molar-refractivity contribution in [3.63, 3.8) is 0 Å². The molecule has 76 valence electrons. The first-order chi connectivity index (χ1) is 7.26. The van der Waals surface area contributed by atoms with Gasteiger partial charge in [0.25, 0.3) is 0 Å². The summed E-state index contributed by atoms with van der Waals surface area (Å²) < 4.78 is 5.07. The number of carbonyl (C=O) groups excluding carboxylic acids is 1. The second-order valence-electron chi connectivity index (χ2n) is 3.02. The van der Waals surface area contributed by atoms with Crippen LogP contribution in [-0.2, 0) is 0 Å². The number of benzene rings is 1. The lowest BCUT2D eigenvalue weighted by Crippen LogP contribution is -1.91. The molecule has 15 heavy (non-hydrogen) atoms. The molecule has 0 bridgehead atoms. The van der Waals surface area contributed by atoms with Crippen LogP contribution in [0.2, 0.25) is 5.02 Å². The molecule has 1 heterocycles. The molecule has 0 amide bonds. The van der Waals surface area contributed by atoms with Crippen LogP contribution < -0.4 is 4.74 Å². The van der Waals surface area contributed by atoms with Crippen molar-refractivity contribution < 1.29 is 9.53 Å². The molecule has 0 fully saturated rings. The molecule has 3 nitrogen and oxygen atoms in total. The number of fused-ring (bicyclic) bond motifs is 1. The van der Waals surface area contributed by atoms with E-state index in [2.05, 4.69) is 4.98 Å². The molecule has 0 unspecified atom stereocenters. The summed E-state index contributed by atoms with van der Waals surface area (Å²) in [7, 11) is 1.51. The summed E-state index contributed by atoms with van der Waals surface area (Å²) in [4.78, 5) is 14.9. The lowest BCUT2D eigenvalue weighted by molar-refractivity contribution is 0.112. The van der Waals surface area contributed by atoms with Gasteiger partial charge in [0.15, 0.2) is 6.29 Å². The van der Waals surface area contributed by atoms with E-state index >= 15 is 0 Å². The Bertz CT molecular complexity index is 525. The molecule has 0 aliphatic heterocycles. The number of aromatic nitrogens is 1. The van der Waals surface area contributed by atoms with E-state index in [4.69, 9.17) is 16.3 Å². The van der Waals surface area contributed by atoms with Gasteiger partial charge in [0.1, 0.15) is 5.75 Å². The second kappa shape index (κ2) is 3.87.